The van der Waals surface area contributed by atoms with Gasteiger partial charge in [-0.05, 0) is 48.1 Å². The number of benzene rings is 2. The molecule has 0 radical (unpaired) electrons. The first-order valence-corrected chi connectivity index (χ1v) is 9.52. The summed E-state index contributed by atoms with van der Waals surface area (Å²) < 4.78 is 10.1. The van der Waals surface area contributed by atoms with Crippen LogP contribution in [0.15, 0.2) is 48.5 Å². The van der Waals surface area contributed by atoms with Gasteiger partial charge in [-0.2, -0.15) is 0 Å². The van der Waals surface area contributed by atoms with Crippen LogP contribution in [-0.4, -0.2) is 25.6 Å². The Morgan fingerprint density at radius 2 is 1.54 bits per heavy atom. The molecule has 5 nitrogen and oxygen atoms in total. The van der Waals surface area contributed by atoms with E-state index in [0.717, 1.165) is 17.5 Å². The maximum absolute atomic E-state index is 12.1. The SMILES string of the molecule is COCc1ccc(C(=O)OCC(=O)N[C@@H](C)c2ccc(CC(C)C)cc2)cc1. The van der Waals surface area contributed by atoms with Gasteiger partial charge in [0.1, 0.15) is 0 Å². The molecule has 0 heterocycles. The molecule has 1 amide bonds. The lowest BCUT2D eigenvalue weighted by Gasteiger charge is -2.15. The lowest BCUT2D eigenvalue weighted by molar-refractivity contribution is -0.124. The van der Waals surface area contributed by atoms with E-state index in [-0.39, 0.29) is 18.6 Å². The Morgan fingerprint density at radius 1 is 0.929 bits per heavy atom. The number of methoxy groups -OCH3 is 1. The van der Waals surface area contributed by atoms with E-state index in [1.807, 2.05) is 19.1 Å². The Balaban J connectivity index is 1.81. The van der Waals surface area contributed by atoms with Crippen LogP contribution in [-0.2, 0) is 27.3 Å². The molecule has 150 valence electrons. The van der Waals surface area contributed by atoms with Crippen LogP contribution in [0.3, 0.4) is 0 Å². The summed E-state index contributed by atoms with van der Waals surface area (Å²) in [7, 11) is 1.61. The first-order chi connectivity index (χ1) is 13.4. The number of hydrogen-bond acceptors (Lipinski definition) is 4. The molecule has 2 rings (SSSR count). The molecule has 0 unspecified atom stereocenters. The molecule has 0 saturated carbocycles. The number of carbonyl (C=O) groups is 2. The molecule has 28 heavy (non-hydrogen) atoms. The Morgan fingerprint density at radius 3 is 2.11 bits per heavy atom. The summed E-state index contributed by atoms with van der Waals surface area (Å²) in [4.78, 5) is 24.2. The lowest BCUT2D eigenvalue weighted by Crippen LogP contribution is -2.31. The van der Waals surface area contributed by atoms with Crippen LogP contribution in [0.25, 0.3) is 0 Å². The van der Waals surface area contributed by atoms with Gasteiger partial charge in [0.25, 0.3) is 5.91 Å². The number of ether oxygens (including phenoxy) is 2. The van der Waals surface area contributed by atoms with Gasteiger partial charge in [0.2, 0.25) is 0 Å². The van der Waals surface area contributed by atoms with E-state index in [2.05, 4.69) is 31.3 Å². The minimum Gasteiger partial charge on any atom is -0.452 e. The minimum atomic E-state index is -0.523. The van der Waals surface area contributed by atoms with Gasteiger partial charge in [0.15, 0.2) is 6.61 Å². The Bertz CT molecular complexity index is 766. The maximum Gasteiger partial charge on any atom is 0.338 e. The fourth-order valence-corrected chi connectivity index (χ4v) is 2.90. The number of hydrogen-bond donors (Lipinski definition) is 1. The number of esters is 1. The van der Waals surface area contributed by atoms with Crippen molar-refractivity contribution in [3.63, 3.8) is 0 Å². The van der Waals surface area contributed by atoms with Crippen LogP contribution in [0, 0.1) is 5.92 Å². The van der Waals surface area contributed by atoms with Gasteiger partial charge in [-0.25, -0.2) is 4.79 Å². The molecular weight excluding hydrogens is 354 g/mol. The summed E-state index contributed by atoms with van der Waals surface area (Å²) in [6.45, 7) is 6.45. The Labute approximate surface area is 167 Å². The summed E-state index contributed by atoms with van der Waals surface area (Å²) in [5.41, 5.74) is 3.66. The summed E-state index contributed by atoms with van der Waals surface area (Å²) in [6.07, 6.45) is 1.03. The highest BCUT2D eigenvalue weighted by molar-refractivity contribution is 5.91. The van der Waals surface area contributed by atoms with E-state index >= 15 is 0 Å². The molecule has 5 heteroatoms. The fourth-order valence-electron chi connectivity index (χ4n) is 2.90. The van der Waals surface area contributed by atoms with Gasteiger partial charge in [-0.15, -0.1) is 0 Å². The van der Waals surface area contributed by atoms with Crippen LogP contribution >= 0.6 is 0 Å². The molecule has 2 aromatic rings. The molecule has 0 fully saturated rings. The molecule has 0 aliphatic rings. The third-order valence-electron chi connectivity index (χ3n) is 4.34. The summed E-state index contributed by atoms with van der Waals surface area (Å²) in [5, 5.41) is 2.86. The van der Waals surface area contributed by atoms with Gasteiger partial charge in [-0.3, -0.25) is 4.79 Å². The van der Waals surface area contributed by atoms with Crippen molar-refractivity contribution in [1.82, 2.24) is 5.32 Å². The van der Waals surface area contributed by atoms with Crippen LogP contribution < -0.4 is 5.32 Å². The summed E-state index contributed by atoms with van der Waals surface area (Å²) in [5.74, 6) is -0.248. The van der Waals surface area contributed by atoms with E-state index in [1.165, 1.54) is 5.56 Å². The second-order valence-corrected chi connectivity index (χ2v) is 7.33. The molecule has 0 aliphatic heterocycles. The van der Waals surface area contributed by atoms with Crippen molar-refractivity contribution in [2.75, 3.05) is 13.7 Å². The standard InChI is InChI=1S/C23H29NO4/c1-16(2)13-18-5-9-20(10-6-18)17(3)24-22(25)15-28-23(26)21-11-7-19(8-12-21)14-27-4/h5-12,16-17H,13-15H2,1-4H3,(H,24,25)/t17-/m0/s1. The Hall–Kier alpha value is -2.66. The molecule has 0 aliphatic carbocycles. The number of carbonyl (C=O) groups excluding carboxylic acids is 2. The maximum atomic E-state index is 12.1. The van der Waals surface area contributed by atoms with E-state index in [0.29, 0.717) is 18.1 Å². The van der Waals surface area contributed by atoms with Crippen molar-refractivity contribution in [3.8, 4) is 0 Å². The van der Waals surface area contributed by atoms with Crippen molar-refractivity contribution < 1.29 is 19.1 Å². The first-order valence-electron chi connectivity index (χ1n) is 9.52. The fraction of sp³-hybridized carbons (Fsp3) is 0.391. The second kappa shape index (κ2) is 10.6. The zero-order valence-corrected chi connectivity index (χ0v) is 17.0. The molecule has 0 spiro atoms. The van der Waals surface area contributed by atoms with Crippen molar-refractivity contribution in [3.05, 3.63) is 70.8 Å². The predicted molar refractivity (Wildman–Crippen MR) is 109 cm³/mol. The van der Waals surface area contributed by atoms with E-state index in [9.17, 15) is 9.59 Å². The van der Waals surface area contributed by atoms with Gasteiger partial charge in [0, 0.05) is 7.11 Å². The molecular formula is C23H29NO4. The summed E-state index contributed by atoms with van der Waals surface area (Å²) in [6, 6.07) is 15.0. The summed E-state index contributed by atoms with van der Waals surface area (Å²) >= 11 is 0. The topological polar surface area (TPSA) is 64.6 Å². The van der Waals surface area contributed by atoms with Crippen LogP contribution in [0.1, 0.15) is 53.9 Å². The highest BCUT2D eigenvalue weighted by Gasteiger charge is 2.13. The monoisotopic (exact) mass is 383 g/mol. The molecule has 1 N–H and O–H groups in total. The third-order valence-corrected chi connectivity index (χ3v) is 4.34. The average molecular weight is 383 g/mol. The van der Waals surface area contributed by atoms with Gasteiger partial charge in [0.05, 0.1) is 18.2 Å². The van der Waals surface area contributed by atoms with E-state index < -0.39 is 5.97 Å². The lowest BCUT2D eigenvalue weighted by atomic mass is 10.00. The van der Waals surface area contributed by atoms with Gasteiger partial charge < -0.3 is 14.8 Å². The predicted octanol–water partition coefficient (Wildman–Crippen LogP) is 4.07. The average Bonchev–Trinajstić information content (AvgIpc) is 2.67. The molecule has 2 aromatic carbocycles. The highest BCUT2D eigenvalue weighted by Crippen LogP contribution is 2.15. The highest BCUT2D eigenvalue weighted by atomic mass is 16.5. The number of rotatable bonds is 9. The molecule has 0 bridgehead atoms. The van der Waals surface area contributed by atoms with E-state index in [4.69, 9.17) is 9.47 Å². The number of nitrogens with one attached hydrogen (secondary N) is 1. The van der Waals surface area contributed by atoms with Crippen molar-refractivity contribution in [1.29, 1.82) is 0 Å². The molecule has 0 aromatic heterocycles. The minimum absolute atomic E-state index is 0.160. The van der Waals surface area contributed by atoms with Gasteiger partial charge >= 0.3 is 5.97 Å². The number of amides is 1. The normalized spacial score (nSPS) is 11.9. The Kier molecular flexibility index (Phi) is 8.20. The quantitative estimate of drug-likeness (QED) is 0.663. The van der Waals surface area contributed by atoms with Gasteiger partial charge in [-0.1, -0.05) is 50.2 Å². The zero-order chi connectivity index (χ0) is 20.5. The largest absolute Gasteiger partial charge is 0.452 e. The first kappa shape index (κ1) is 21.6. The third kappa shape index (κ3) is 6.82. The van der Waals surface area contributed by atoms with Crippen molar-refractivity contribution in [2.24, 2.45) is 5.92 Å². The molecule has 0 saturated heterocycles. The van der Waals surface area contributed by atoms with Crippen LogP contribution in [0.2, 0.25) is 0 Å². The smallest absolute Gasteiger partial charge is 0.338 e. The zero-order valence-electron chi connectivity index (χ0n) is 17.0. The van der Waals surface area contributed by atoms with Crippen molar-refractivity contribution >= 4 is 11.9 Å². The molecule has 1 atom stereocenters. The van der Waals surface area contributed by atoms with Crippen molar-refractivity contribution in [2.45, 2.75) is 39.8 Å². The van der Waals surface area contributed by atoms with E-state index in [1.54, 1.807) is 31.4 Å². The van der Waals surface area contributed by atoms with Crippen LogP contribution in [0.5, 0.6) is 0 Å². The second-order valence-electron chi connectivity index (χ2n) is 7.33. The van der Waals surface area contributed by atoms with Crippen LogP contribution in [0.4, 0.5) is 0 Å².